The number of hydrogen-bond acceptors (Lipinski definition) is 5. The summed E-state index contributed by atoms with van der Waals surface area (Å²) in [6, 6.07) is 15.1. The molecule has 0 spiro atoms. The van der Waals surface area contributed by atoms with Crippen molar-refractivity contribution in [1.82, 2.24) is 10.2 Å². The van der Waals surface area contributed by atoms with Gasteiger partial charge in [-0.05, 0) is 28.7 Å². The first-order chi connectivity index (χ1) is 15.9. The molecule has 1 fully saturated rings. The second-order valence-electron chi connectivity index (χ2n) is 8.61. The van der Waals surface area contributed by atoms with E-state index in [1.54, 1.807) is 6.92 Å². The molecule has 2 aromatic rings. The second-order valence-corrected chi connectivity index (χ2v) is 8.61. The van der Waals surface area contributed by atoms with Crippen molar-refractivity contribution in [2.75, 3.05) is 33.4 Å². The number of ether oxygens (including phenoxy) is 2. The van der Waals surface area contributed by atoms with Gasteiger partial charge in [0.05, 0.1) is 6.61 Å². The van der Waals surface area contributed by atoms with E-state index in [2.05, 4.69) is 17.4 Å². The molecule has 1 saturated heterocycles. The summed E-state index contributed by atoms with van der Waals surface area (Å²) in [5.74, 6) is -1.38. The van der Waals surface area contributed by atoms with Crippen LogP contribution in [0.15, 0.2) is 48.5 Å². The first kappa shape index (κ1) is 22.8. The molecule has 0 radical (unpaired) electrons. The normalized spacial score (nSPS) is 16.8. The molecule has 2 aromatic carbocycles. The van der Waals surface area contributed by atoms with Gasteiger partial charge in [-0.15, -0.1) is 0 Å². The number of nitrogens with one attached hydrogen (secondary N) is 1. The number of fused-ring (bicyclic) bond motifs is 3. The van der Waals surface area contributed by atoms with Gasteiger partial charge >= 0.3 is 12.1 Å². The van der Waals surface area contributed by atoms with Crippen LogP contribution < -0.4 is 5.32 Å². The fourth-order valence-electron chi connectivity index (χ4n) is 4.69. The molecule has 174 valence electrons. The van der Waals surface area contributed by atoms with E-state index in [4.69, 9.17) is 9.47 Å². The summed E-state index contributed by atoms with van der Waals surface area (Å²) in [6.45, 7) is 2.12. The summed E-state index contributed by atoms with van der Waals surface area (Å²) in [7, 11) is 1.43. The molecule has 1 heterocycles. The van der Waals surface area contributed by atoms with Gasteiger partial charge in [-0.2, -0.15) is 0 Å². The number of carboxylic acids is 1. The zero-order chi connectivity index (χ0) is 23.6. The molecule has 0 bridgehead atoms. The molecule has 1 aliphatic carbocycles. The van der Waals surface area contributed by atoms with Gasteiger partial charge in [-0.3, -0.25) is 9.59 Å². The van der Waals surface area contributed by atoms with E-state index < -0.39 is 23.5 Å². The molecule has 1 atom stereocenters. The van der Waals surface area contributed by atoms with Crippen molar-refractivity contribution in [2.45, 2.75) is 25.3 Å². The number of benzene rings is 2. The number of carboxylic acid groups (broad SMARTS) is 1. The number of rotatable bonds is 8. The molecular weight excluding hydrogens is 424 g/mol. The molecule has 0 aromatic heterocycles. The highest BCUT2D eigenvalue weighted by Gasteiger charge is 2.51. The van der Waals surface area contributed by atoms with Crippen molar-refractivity contribution in [2.24, 2.45) is 5.41 Å². The smallest absolute Gasteiger partial charge is 0.407 e. The first-order valence-corrected chi connectivity index (χ1v) is 11.0. The third kappa shape index (κ3) is 4.18. The van der Waals surface area contributed by atoms with Crippen LogP contribution in [0, 0.1) is 5.41 Å². The lowest BCUT2D eigenvalue weighted by Crippen LogP contribution is -2.65. The molecule has 33 heavy (non-hydrogen) atoms. The van der Waals surface area contributed by atoms with E-state index in [1.165, 1.54) is 12.0 Å². The van der Waals surface area contributed by atoms with Gasteiger partial charge in [0.25, 0.3) is 0 Å². The van der Waals surface area contributed by atoms with E-state index in [9.17, 15) is 19.5 Å². The Kier molecular flexibility index (Phi) is 6.37. The van der Waals surface area contributed by atoms with Crippen molar-refractivity contribution in [3.63, 3.8) is 0 Å². The molecule has 2 aliphatic rings. The Balaban J connectivity index is 1.38. The summed E-state index contributed by atoms with van der Waals surface area (Å²) in [5, 5.41) is 12.0. The van der Waals surface area contributed by atoms with Crippen molar-refractivity contribution in [3.05, 3.63) is 59.7 Å². The fourth-order valence-corrected chi connectivity index (χ4v) is 4.69. The van der Waals surface area contributed by atoms with Crippen LogP contribution in [-0.2, 0) is 19.1 Å². The summed E-state index contributed by atoms with van der Waals surface area (Å²) >= 11 is 0. The summed E-state index contributed by atoms with van der Waals surface area (Å²) in [5.41, 5.74) is 3.54. The third-order valence-corrected chi connectivity index (χ3v) is 6.70. The SMILES string of the molecule is CCC1(C(=O)O)CN(C(=O)[C@H](COC)NC(=O)OCC2c3ccccc3-c3ccccc32)C1. The standard InChI is InChI=1S/C25H28N2O6/c1-3-25(23(29)30)14-27(15-25)22(28)21(13-32-2)26-24(31)33-12-20-18-10-6-4-8-16(18)17-9-5-7-11-19(17)20/h4-11,20-21H,3,12-15H2,1-2H3,(H,26,31)(H,29,30)/t21-/m0/s1. The van der Waals surface area contributed by atoms with Crippen LogP contribution in [0.3, 0.4) is 0 Å². The molecule has 0 unspecified atom stereocenters. The maximum atomic E-state index is 12.8. The fraction of sp³-hybridized carbons (Fsp3) is 0.400. The summed E-state index contributed by atoms with van der Waals surface area (Å²) in [6.07, 6.45) is -0.284. The van der Waals surface area contributed by atoms with Crippen LogP contribution in [0.4, 0.5) is 4.79 Å². The lowest BCUT2D eigenvalue weighted by molar-refractivity contribution is -0.167. The van der Waals surface area contributed by atoms with Crippen LogP contribution in [0.25, 0.3) is 11.1 Å². The van der Waals surface area contributed by atoms with Gasteiger partial charge in [0.2, 0.25) is 5.91 Å². The summed E-state index contributed by atoms with van der Waals surface area (Å²) < 4.78 is 10.6. The number of likely N-dealkylation sites (tertiary alicyclic amines) is 1. The van der Waals surface area contributed by atoms with Gasteiger partial charge in [0.15, 0.2) is 0 Å². The predicted molar refractivity (Wildman–Crippen MR) is 121 cm³/mol. The summed E-state index contributed by atoms with van der Waals surface area (Å²) in [4.78, 5) is 38.4. The van der Waals surface area contributed by atoms with Gasteiger partial charge in [0.1, 0.15) is 18.1 Å². The van der Waals surface area contributed by atoms with E-state index >= 15 is 0 Å². The van der Waals surface area contributed by atoms with Gasteiger partial charge in [0, 0.05) is 26.1 Å². The Morgan fingerprint density at radius 2 is 1.67 bits per heavy atom. The first-order valence-electron chi connectivity index (χ1n) is 11.0. The minimum Gasteiger partial charge on any atom is -0.481 e. The average Bonchev–Trinajstić information content (AvgIpc) is 3.10. The molecule has 8 nitrogen and oxygen atoms in total. The van der Waals surface area contributed by atoms with Crippen LogP contribution >= 0.6 is 0 Å². The minimum atomic E-state index is -0.950. The Labute approximate surface area is 192 Å². The molecule has 1 aliphatic heterocycles. The van der Waals surface area contributed by atoms with Crippen molar-refractivity contribution in [3.8, 4) is 11.1 Å². The number of aliphatic carboxylic acids is 1. The van der Waals surface area contributed by atoms with Crippen LogP contribution in [0.1, 0.15) is 30.4 Å². The lowest BCUT2D eigenvalue weighted by Gasteiger charge is -2.47. The van der Waals surface area contributed by atoms with Crippen LogP contribution in [0.5, 0.6) is 0 Å². The molecule has 2 N–H and O–H groups in total. The Hall–Kier alpha value is -3.39. The Bertz CT molecular complexity index is 1020. The lowest BCUT2D eigenvalue weighted by atomic mass is 9.77. The maximum Gasteiger partial charge on any atom is 0.407 e. The number of carbonyl (C=O) groups excluding carboxylic acids is 2. The molecule has 4 rings (SSSR count). The zero-order valence-corrected chi connectivity index (χ0v) is 18.7. The molecule has 0 saturated carbocycles. The Morgan fingerprint density at radius 1 is 1.09 bits per heavy atom. The van der Waals surface area contributed by atoms with Crippen molar-refractivity contribution < 1.29 is 29.0 Å². The Morgan fingerprint density at radius 3 is 2.18 bits per heavy atom. The molecule has 2 amide bonds. The van der Waals surface area contributed by atoms with Gasteiger partial charge in [-0.1, -0.05) is 55.5 Å². The number of nitrogens with zero attached hydrogens (tertiary/aromatic N) is 1. The molecule has 8 heteroatoms. The quantitative estimate of drug-likeness (QED) is 0.638. The van der Waals surface area contributed by atoms with E-state index in [0.29, 0.717) is 6.42 Å². The van der Waals surface area contributed by atoms with E-state index in [0.717, 1.165) is 22.3 Å². The maximum absolute atomic E-state index is 12.8. The number of alkyl carbamates (subject to hydrolysis) is 1. The van der Waals surface area contributed by atoms with Crippen LogP contribution in [-0.4, -0.2) is 67.4 Å². The van der Waals surface area contributed by atoms with E-state index in [-0.39, 0.29) is 38.1 Å². The number of methoxy groups -OCH3 is 1. The second kappa shape index (κ2) is 9.23. The number of carbonyl (C=O) groups is 3. The van der Waals surface area contributed by atoms with Crippen molar-refractivity contribution >= 4 is 18.0 Å². The largest absolute Gasteiger partial charge is 0.481 e. The van der Waals surface area contributed by atoms with Crippen molar-refractivity contribution in [1.29, 1.82) is 0 Å². The highest BCUT2D eigenvalue weighted by Crippen LogP contribution is 2.44. The molecular formula is C25H28N2O6. The number of amides is 2. The van der Waals surface area contributed by atoms with Gasteiger partial charge < -0.3 is 24.8 Å². The highest BCUT2D eigenvalue weighted by atomic mass is 16.5. The predicted octanol–water partition coefficient (Wildman–Crippen LogP) is 2.86. The highest BCUT2D eigenvalue weighted by molar-refractivity contribution is 5.89. The third-order valence-electron chi connectivity index (χ3n) is 6.70. The van der Waals surface area contributed by atoms with E-state index in [1.807, 2.05) is 36.4 Å². The average molecular weight is 453 g/mol. The zero-order valence-electron chi connectivity index (χ0n) is 18.7. The van der Waals surface area contributed by atoms with Gasteiger partial charge in [-0.25, -0.2) is 4.79 Å². The minimum absolute atomic E-state index is 0.0360. The monoisotopic (exact) mass is 452 g/mol. The van der Waals surface area contributed by atoms with Crippen LogP contribution in [0.2, 0.25) is 0 Å². The topological polar surface area (TPSA) is 105 Å². The number of hydrogen-bond donors (Lipinski definition) is 2.